The molecule has 1 atom stereocenters. The van der Waals surface area contributed by atoms with Crippen molar-refractivity contribution in [1.29, 1.82) is 0 Å². The van der Waals surface area contributed by atoms with E-state index in [4.69, 9.17) is 0 Å². The van der Waals surface area contributed by atoms with Crippen molar-refractivity contribution in [3.63, 3.8) is 0 Å². The highest BCUT2D eigenvalue weighted by Gasteiger charge is 2.48. The molecule has 0 amide bonds. The number of benzene rings is 2. The molecule has 0 bridgehead atoms. The van der Waals surface area contributed by atoms with Gasteiger partial charge in [-0.2, -0.15) is 0 Å². The van der Waals surface area contributed by atoms with Gasteiger partial charge in [0.15, 0.2) is 5.78 Å². The molecule has 0 N–H and O–H groups in total. The third-order valence-corrected chi connectivity index (χ3v) is 7.68. The fourth-order valence-corrected chi connectivity index (χ4v) is 6.43. The predicted molar refractivity (Wildman–Crippen MR) is 122 cm³/mol. The molecule has 2 aliphatic carbocycles. The Morgan fingerprint density at radius 2 is 1.28 bits per heavy atom. The SMILES string of the molecule is O=C1C=C[C@@]2(C(c3cccs3)=C(c3cccs3)c3ccccc32)c2ccccc21. The lowest BCUT2D eigenvalue weighted by Gasteiger charge is -2.35. The van der Waals surface area contributed by atoms with Gasteiger partial charge in [0, 0.05) is 20.9 Å². The minimum Gasteiger partial charge on any atom is -0.289 e. The van der Waals surface area contributed by atoms with Crippen molar-refractivity contribution >= 4 is 39.6 Å². The number of carbonyl (C=O) groups excluding carboxylic acids is 1. The lowest BCUT2D eigenvalue weighted by Crippen LogP contribution is -2.30. The molecule has 138 valence electrons. The van der Waals surface area contributed by atoms with Crippen LogP contribution in [0, 0.1) is 0 Å². The van der Waals surface area contributed by atoms with Crippen LogP contribution in [0.1, 0.15) is 36.8 Å². The first-order valence-electron chi connectivity index (χ1n) is 9.56. The molecular weight excluding hydrogens is 392 g/mol. The van der Waals surface area contributed by atoms with Gasteiger partial charge in [-0.05, 0) is 51.2 Å². The highest BCUT2D eigenvalue weighted by atomic mass is 32.1. The van der Waals surface area contributed by atoms with Crippen molar-refractivity contribution in [2.24, 2.45) is 0 Å². The number of rotatable bonds is 2. The Morgan fingerprint density at radius 3 is 1.97 bits per heavy atom. The van der Waals surface area contributed by atoms with E-state index < -0.39 is 5.41 Å². The quantitative estimate of drug-likeness (QED) is 0.356. The number of carbonyl (C=O) groups is 1. The summed E-state index contributed by atoms with van der Waals surface area (Å²) in [6, 6.07) is 25.4. The first kappa shape index (κ1) is 16.9. The lowest BCUT2D eigenvalue weighted by atomic mass is 9.66. The van der Waals surface area contributed by atoms with Gasteiger partial charge in [0.2, 0.25) is 0 Å². The monoisotopic (exact) mass is 408 g/mol. The number of hydrogen-bond acceptors (Lipinski definition) is 3. The molecule has 2 aliphatic rings. The molecule has 4 aromatic rings. The maximum atomic E-state index is 12.7. The third-order valence-electron chi connectivity index (χ3n) is 5.90. The fourth-order valence-electron chi connectivity index (χ4n) is 4.80. The van der Waals surface area contributed by atoms with Crippen LogP contribution in [0.5, 0.6) is 0 Å². The molecule has 0 fully saturated rings. The van der Waals surface area contributed by atoms with Crippen LogP contribution in [0.4, 0.5) is 0 Å². The van der Waals surface area contributed by atoms with Gasteiger partial charge in [0.1, 0.15) is 0 Å². The van der Waals surface area contributed by atoms with Crippen LogP contribution < -0.4 is 0 Å². The summed E-state index contributed by atoms with van der Waals surface area (Å²) < 4.78 is 0. The maximum absolute atomic E-state index is 12.7. The van der Waals surface area contributed by atoms with Crippen LogP contribution >= 0.6 is 22.7 Å². The number of ketones is 1. The van der Waals surface area contributed by atoms with Crippen LogP contribution in [-0.4, -0.2) is 5.78 Å². The van der Waals surface area contributed by atoms with Crippen LogP contribution in [0.3, 0.4) is 0 Å². The molecule has 2 aromatic carbocycles. The average Bonchev–Trinajstić information content (AvgIpc) is 3.51. The van der Waals surface area contributed by atoms with Gasteiger partial charge < -0.3 is 0 Å². The second-order valence-corrected chi connectivity index (χ2v) is 9.20. The molecule has 1 nitrogen and oxygen atoms in total. The molecular formula is C26H16OS2. The van der Waals surface area contributed by atoms with Crippen molar-refractivity contribution in [2.75, 3.05) is 0 Å². The molecule has 2 heterocycles. The van der Waals surface area contributed by atoms with Crippen molar-refractivity contribution in [2.45, 2.75) is 5.41 Å². The van der Waals surface area contributed by atoms with E-state index in [9.17, 15) is 4.79 Å². The summed E-state index contributed by atoms with van der Waals surface area (Å²) in [5, 5.41) is 4.27. The largest absolute Gasteiger partial charge is 0.289 e. The topological polar surface area (TPSA) is 17.1 Å². The fraction of sp³-hybridized carbons (Fsp3) is 0.0385. The smallest absolute Gasteiger partial charge is 0.185 e. The normalized spacial score (nSPS) is 19.7. The minimum absolute atomic E-state index is 0.0822. The summed E-state index contributed by atoms with van der Waals surface area (Å²) >= 11 is 3.53. The van der Waals surface area contributed by atoms with Gasteiger partial charge in [-0.1, -0.05) is 66.7 Å². The Morgan fingerprint density at radius 1 is 0.655 bits per heavy atom. The van der Waals surface area contributed by atoms with Crippen molar-refractivity contribution in [3.8, 4) is 0 Å². The highest BCUT2D eigenvalue weighted by molar-refractivity contribution is 7.12. The van der Waals surface area contributed by atoms with Gasteiger partial charge in [0.25, 0.3) is 0 Å². The van der Waals surface area contributed by atoms with Gasteiger partial charge in [-0.25, -0.2) is 0 Å². The predicted octanol–water partition coefficient (Wildman–Crippen LogP) is 6.82. The number of thiophene rings is 2. The second kappa shape index (κ2) is 6.24. The molecule has 2 aromatic heterocycles. The third kappa shape index (κ3) is 2.23. The van der Waals surface area contributed by atoms with Crippen LogP contribution in [0.15, 0.2) is 95.7 Å². The zero-order valence-electron chi connectivity index (χ0n) is 15.5. The van der Waals surface area contributed by atoms with E-state index in [0.717, 1.165) is 11.1 Å². The molecule has 0 radical (unpaired) electrons. The summed E-state index contributed by atoms with van der Waals surface area (Å²) in [6.45, 7) is 0. The summed E-state index contributed by atoms with van der Waals surface area (Å²) in [4.78, 5) is 15.3. The van der Waals surface area contributed by atoms with Gasteiger partial charge in [-0.3, -0.25) is 4.79 Å². The first-order valence-corrected chi connectivity index (χ1v) is 11.3. The first-order chi connectivity index (χ1) is 14.3. The Bertz CT molecular complexity index is 1310. The maximum Gasteiger partial charge on any atom is 0.185 e. The molecule has 0 aliphatic heterocycles. The zero-order valence-corrected chi connectivity index (χ0v) is 17.1. The van der Waals surface area contributed by atoms with E-state index >= 15 is 0 Å². The van der Waals surface area contributed by atoms with Gasteiger partial charge in [0.05, 0.1) is 5.41 Å². The molecule has 3 heteroatoms. The van der Waals surface area contributed by atoms with E-state index in [2.05, 4.69) is 71.4 Å². The van der Waals surface area contributed by atoms with Gasteiger partial charge in [-0.15, -0.1) is 22.7 Å². The van der Waals surface area contributed by atoms with E-state index in [0.29, 0.717) is 0 Å². The molecule has 0 saturated heterocycles. The summed E-state index contributed by atoms with van der Waals surface area (Å²) in [7, 11) is 0. The summed E-state index contributed by atoms with van der Waals surface area (Å²) in [5.74, 6) is 0.0822. The number of fused-ring (bicyclic) bond motifs is 4. The van der Waals surface area contributed by atoms with E-state index in [1.807, 2.05) is 18.2 Å². The molecule has 6 rings (SSSR count). The van der Waals surface area contributed by atoms with Crippen LogP contribution in [-0.2, 0) is 5.41 Å². The standard InChI is InChI=1S/C26H16OS2/c27-21-13-14-26(19-9-3-1-7-17(19)21)20-10-4-2-8-18(20)24(22-11-5-15-28-22)25(26)23-12-6-16-29-23/h1-16H/t26-/m1/s1. The zero-order chi connectivity index (χ0) is 19.4. The van der Waals surface area contributed by atoms with Gasteiger partial charge >= 0.3 is 0 Å². The Hall–Kier alpha value is -3.01. The Kier molecular flexibility index (Phi) is 3.64. The van der Waals surface area contributed by atoms with Crippen LogP contribution in [0.25, 0.3) is 11.1 Å². The lowest BCUT2D eigenvalue weighted by molar-refractivity contribution is 0.104. The number of allylic oxidation sites excluding steroid dienone is 3. The van der Waals surface area contributed by atoms with E-state index in [-0.39, 0.29) is 5.78 Å². The van der Waals surface area contributed by atoms with Crippen molar-refractivity contribution in [3.05, 3.63) is 128 Å². The van der Waals surface area contributed by atoms with Crippen molar-refractivity contribution < 1.29 is 4.79 Å². The number of hydrogen-bond donors (Lipinski definition) is 0. The summed E-state index contributed by atoms with van der Waals surface area (Å²) in [6.07, 6.45) is 3.90. The summed E-state index contributed by atoms with van der Waals surface area (Å²) in [5.41, 5.74) is 6.50. The Balaban J connectivity index is 1.82. The molecule has 1 spiro atoms. The second-order valence-electron chi connectivity index (χ2n) is 7.30. The Labute approximate surface area is 177 Å². The molecule has 29 heavy (non-hydrogen) atoms. The minimum atomic E-state index is -0.453. The highest BCUT2D eigenvalue weighted by Crippen LogP contribution is 2.59. The molecule has 0 saturated carbocycles. The van der Waals surface area contributed by atoms with Crippen LogP contribution in [0.2, 0.25) is 0 Å². The average molecular weight is 409 g/mol. The van der Waals surface area contributed by atoms with E-state index in [1.54, 1.807) is 28.7 Å². The van der Waals surface area contributed by atoms with E-state index in [1.165, 1.54) is 32.0 Å². The molecule has 0 unspecified atom stereocenters. The van der Waals surface area contributed by atoms with Crippen molar-refractivity contribution in [1.82, 2.24) is 0 Å².